The van der Waals surface area contributed by atoms with Crippen LogP contribution in [0.5, 0.6) is 0 Å². The maximum absolute atomic E-state index is 15.2. The van der Waals surface area contributed by atoms with E-state index in [1.54, 1.807) is 89.2 Å². The molecule has 0 aromatic heterocycles. The SMILES string of the molecule is CC[C@H](C)[C@@H]1NC(=O)[C@H](C)N(C)C(=O)C[C@@H](C)NC(=O)[C@H](CC(C)C)N(C)C(=O)[C@H](Cc2ccccc2)N(C)C(=O)[C@H](CC(C)C)NC(=O)[C@H](CCc2ccc(C(F)(F)F)c(Cl)c2)NC(=O)CN(C)C(=O)[C@H](Cc2ccc(Cl)cc2)N(C)C(=O)CN(C)C(=O)CN(C)C1=O. The highest BCUT2D eigenvalue weighted by Crippen LogP contribution is 2.35. The molecular weight excluding hydrogens is 1260 g/mol. The molecule has 0 radical (unpaired) electrons. The number of hydrogen-bond acceptors (Lipinski definition) is 11. The summed E-state index contributed by atoms with van der Waals surface area (Å²) in [5.41, 5.74) is 0.342. The first kappa shape index (κ1) is 78.6. The van der Waals surface area contributed by atoms with Crippen molar-refractivity contribution in [1.82, 2.24) is 55.6 Å². The van der Waals surface area contributed by atoms with Gasteiger partial charge >= 0.3 is 6.18 Å². The Morgan fingerprint density at radius 2 is 1.06 bits per heavy atom. The van der Waals surface area contributed by atoms with E-state index in [9.17, 15) is 56.3 Å². The molecule has 1 saturated heterocycles. The number of amides is 11. The topological polar surface area (TPSA) is 259 Å². The molecule has 3 aromatic carbocycles. The van der Waals surface area contributed by atoms with E-state index >= 15 is 9.59 Å². The molecule has 1 fully saturated rings. The molecule has 22 nitrogen and oxygen atoms in total. The molecule has 4 N–H and O–H groups in total. The smallest absolute Gasteiger partial charge is 0.351 e. The lowest BCUT2D eigenvalue weighted by Crippen LogP contribution is -2.60. The monoisotopic (exact) mass is 1360 g/mol. The fourth-order valence-electron chi connectivity index (χ4n) is 10.8. The van der Waals surface area contributed by atoms with E-state index in [-0.39, 0.29) is 62.3 Å². The fourth-order valence-corrected chi connectivity index (χ4v) is 11.2. The van der Waals surface area contributed by atoms with Gasteiger partial charge in [-0.25, -0.2) is 0 Å². The molecule has 1 aliphatic rings. The zero-order valence-electron chi connectivity index (χ0n) is 56.6. The molecule has 27 heteroatoms. The van der Waals surface area contributed by atoms with Crippen LogP contribution in [0.4, 0.5) is 13.2 Å². The van der Waals surface area contributed by atoms with Crippen molar-refractivity contribution < 1.29 is 65.9 Å². The summed E-state index contributed by atoms with van der Waals surface area (Å²) in [4.78, 5) is 167. The van der Waals surface area contributed by atoms with Crippen LogP contribution in [-0.4, -0.2) is 217 Å². The minimum atomic E-state index is -4.78. The van der Waals surface area contributed by atoms with Gasteiger partial charge in [-0.15, -0.1) is 0 Å². The van der Waals surface area contributed by atoms with Gasteiger partial charge in [0.2, 0.25) is 65.0 Å². The van der Waals surface area contributed by atoms with Crippen LogP contribution in [0.2, 0.25) is 10.0 Å². The molecular formula is C67H94Cl2F3N11O11. The van der Waals surface area contributed by atoms with Crippen LogP contribution in [0, 0.1) is 17.8 Å². The van der Waals surface area contributed by atoms with Crippen molar-refractivity contribution in [1.29, 1.82) is 0 Å². The second-order valence-corrected chi connectivity index (χ2v) is 26.4. The Morgan fingerprint density at radius 1 is 0.521 bits per heavy atom. The van der Waals surface area contributed by atoms with Gasteiger partial charge in [0, 0.05) is 79.7 Å². The Hall–Kier alpha value is -7.80. The molecule has 4 rings (SSSR count). The van der Waals surface area contributed by atoms with E-state index < -0.39 is 156 Å². The van der Waals surface area contributed by atoms with Gasteiger partial charge in [0.25, 0.3) is 0 Å². The minimum absolute atomic E-state index is 0.00243. The third kappa shape index (κ3) is 22.7. The van der Waals surface area contributed by atoms with E-state index in [1.165, 1.54) is 77.0 Å². The highest BCUT2D eigenvalue weighted by Gasteiger charge is 2.41. The molecule has 0 unspecified atom stereocenters. The van der Waals surface area contributed by atoms with Gasteiger partial charge in [-0.3, -0.25) is 52.7 Å². The molecule has 0 spiro atoms. The van der Waals surface area contributed by atoms with E-state index in [0.29, 0.717) is 22.6 Å². The molecule has 9 atom stereocenters. The van der Waals surface area contributed by atoms with Crippen molar-refractivity contribution >= 4 is 88.2 Å². The molecule has 0 bridgehead atoms. The van der Waals surface area contributed by atoms with Crippen molar-refractivity contribution in [2.45, 2.75) is 161 Å². The summed E-state index contributed by atoms with van der Waals surface area (Å²) < 4.78 is 41.4. The van der Waals surface area contributed by atoms with Crippen LogP contribution >= 0.6 is 23.2 Å². The van der Waals surface area contributed by atoms with Gasteiger partial charge in [0.05, 0.1) is 30.2 Å². The number of hydrogen-bond donors (Lipinski definition) is 4. The summed E-state index contributed by atoms with van der Waals surface area (Å²) in [6.45, 7) is 12.0. The lowest BCUT2D eigenvalue weighted by Gasteiger charge is -2.37. The summed E-state index contributed by atoms with van der Waals surface area (Å²) in [5.74, 6) is -8.78. The Balaban J connectivity index is 1.87. The molecule has 1 heterocycles. The number of benzene rings is 3. The number of halogens is 5. The second-order valence-electron chi connectivity index (χ2n) is 25.6. The molecule has 11 amide bonds. The molecule has 518 valence electrons. The van der Waals surface area contributed by atoms with E-state index in [1.807, 2.05) is 13.8 Å². The predicted octanol–water partition coefficient (Wildman–Crippen LogP) is 5.63. The predicted molar refractivity (Wildman–Crippen MR) is 351 cm³/mol. The summed E-state index contributed by atoms with van der Waals surface area (Å²) in [6, 6.07) is 8.41. The molecule has 94 heavy (non-hydrogen) atoms. The molecule has 0 aliphatic carbocycles. The summed E-state index contributed by atoms with van der Waals surface area (Å²) in [6.07, 6.45) is -5.12. The van der Waals surface area contributed by atoms with Gasteiger partial charge < -0.3 is 55.6 Å². The minimum Gasteiger partial charge on any atom is -0.351 e. The first-order chi connectivity index (χ1) is 43.9. The lowest BCUT2D eigenvalue weighted by molar-refractivity contribution is -0.149. The maximum Gasteiger partial charge on any atom is 0.417 e. The van der Waals surface area contributed by atoms with Gasteiger partial charge in [-0.05, 0) is 98.2 Å². The Morgan fingerprint density at radius 3 is 1.63 bits per heavy atom. The first-order valence-corrected chi connectivity index (χ1v) is 32.2. The van der Waals surface area contributed by atoms with Crippen LogP contribution in [-0.2, 0) is 78.2 Å². The zero-order chi connectivity index (χ0) is 70.8. The van der Waals surface area contributed by atoms with Crippen molar-refractivity contribution in [3.05, 3.63) is 105 Å². The average Bonchev–Trinajstić information content (AvgIpc) is 0.843. The van der Waals surface area contributed by atoms with E-state index in [0.717, 1.165) is 31.7 Å². The maximum atomic E-state index is 15.2. The van der Waals surface area contributed by atoms with Crippen LogP contribution < -0.4 is 21.3 Å². The van der Waals surface area contributed by atoms with Crippen molar-refractivity contribution in [2.75, 3.05) is 69.0 Å². The van der Waals surface area contributed by atoms with E-state index in [2.05, 4.69) is 21.3 Å². The van der Waals surface area contributed by atoms with Crippen LogP contribution in [0.1, 0.15) is 110 Å². The lowest BCUT2D eigenvalue weighted by atomic mass is 9.97. The number of aryl methyl sites for hydroxylation is 1. The van der Waals surface area contributed by atoms with Crippen LogP contribution in [0.3, 0.4) is 0 Å². The summed E-state index contributed by atoms with van der Waals surface area (Å²) >= 11 is 12.3. The number of nitrogens with zero attached hydrogens (tertiary/aromatic N) is 7. The highest BCUT2D eigenvalue weighted by atomic mass is 35.5. The van der Waals surface area contributed by atoms with Gasteiger partial charge in [-0.2, -0.15) is 13.2 Å². The number of nitrogens with one attached hydrogen (secondary N) is 4. The number of rotatable bonds is 13. The Kier molecular flexibility index (Phi) is 29.8. The largest absolute Gasteiger partial charge is 0.417 e. The third-order valence-corrected chi connectivity index (χ3v) is 17.6. The molecule has 1 aliphatic heterocycles. The first-order valence-electron chi connectivity index (χ1n) is 31.5. The Bertz CT molecular complexity index is 3160. The van der Waals surface area contributed by atoms with Crippen LogP contribution in [0.25, 0.3) is 0 Å². The number of carbonyl (C=O) groups is 11. The normalized spacial score (nSPS) is 23.4. The second kappa shape index (κ2) is 35.6. The molecule has 0 saturated carbocycles. The summed E-state index contributed by atoms with van der Waals surface area (Å²) in [5, 5.41) is 10.8. The highest BCUT2D eigenvalue weighted by molar-refractivity contribution is 6.31. The van der Waals surface area contributed by atoms with Crippen molar-refractivity contribution in [3.8, 4) is 0 Å². The van der Waals surface area contributed by atoms with Gasteiger partial charge in [0.15, 0.2) is 0 Å². The van der Waals surface area contributed by atoms with E-state index in [4.69, 9.17) is 23.2 Å². The standard InChI is InChI=1S/C67H94Cl2F3N11O11/c1-16-41(6)59-66(94)79(11)37-57(86)77(9)38-58(87)81(13)53(35-46-22-26-47(68)27-23-46)64(92)78(10)36-55(84)74-50(29-25-45-24-28-48(49(69)33-45)67(70,71)72)61(89)75-51(30-39(2)3)63(91)83(15)54(34-44-20-18-17-19-21-44)65(93)82(14)52(31-40(4)5)62(90)73-42(7)32-56(85)80(12)43(8)60(88)76-59/h17-24,26-28,33,39-43,50-54,59H,16,25,29-32,34-38H2,1-15H3,(H,73,90)(H,74,84)(H,75,89)(H,76,88)/t41-,42+,43-,50-,51-,52-,53-,54-,59-/m0/s1. The third-order valence-electron chi connectivity index (χ3n) is 17.0. The zero-order valence-corrected chi connectivity index (χ0v) is 58.1. The quantitative estimate of drug-likeness (QED) is 0.163. The number of carbonyl (C=O) groups excluding carboxylic acids is 11. The van der Waals surface area contributed by atoms with Crippen LogP contribution in [0.15, 0.2) is 72.8 Å². The van der Waals surface area contributed by atoms with Gasteiger partial charge in [0.1, 0.15) is 42.3 Å². The summed E-state index contributed by atoms with van der Waals surface area (Å²) in [7, 11) is 9.53. The van der Waals surface area contributed by atoms with Gasteiger partial charge in [-0.1, -0.05) is 120 Å². The molecule has 3 aromatic rings. The average molecular weight is 1360 g/mol. The number of alkyl halides is 3. The van der Waals surface area contributed by atoms with Crippen molar-refractivity contribution in [2.24, 2.45) is 17.8 Å². The van der Waals surface area contributed by atoms with Crippen molar-refractivity contribution in [3.63, 3.8) is 0 Å². The number of likely N-dealkylation sites (N-methyl/N-ethyl adjacent to an activating group) is 7. The Labute approximate surface area is 560 Å². The fraction of sp³-hybridized carbons (Fsp3) is 0.567.